The van der Waals surface area contributed by atoms with Crippen LogP contribution in [-0.4, -0.2) is 80.8 Å². The van der Waals surface area contributed by atoms with Gasteiger partial charge in [0.1, 0.15) is 17.6 Å². The third kappa shape index (κ3) is 2.97. The summed E-state index contributed by atoms with van der Waals surface area (Å²) < 4.78 is 15.8. The van der Waals surface area contributed by atoms with Gasteiger partial charge >= 0.3 is 12.0 Å². The maximum atomic E-state index is 12.3. The Balaban J connectivity index is 1.98. The summed E-state index contributed by atoms with van der Waals surface area (Å²) in [7, 11) is 3.15. The lowest BCUT2D eigenvalue weighted by Gasteiger charge is -2.27. The molecular weight excluding hydrogens is 280 g/mol. The Morgan fingerprint density at radius 1 is 1.29 bits per heavy atom. The minimum absolute atomic E-state index is 0.0919. The molecule has 0 aliphatic carbocycles. The van der Waals surface area contributed by atoms with Crippen LogP contribution in [0.25, 0.3) is 0 Å². The number of rotatable bonds is 4. The first-order valence-electron chi connectivity index (χ1n) is 6.84. The third-order valence-corrected chi connectivity index (χ3v) is 4.35. The molecule has 8 heteroatoms. The van der Waals surface area contributed by atoms with E-state index in [1.807, 2.05) is 0 Å². The van der Waals surface area contributed by atoms with Crippen molar-refractivity contribution in [2.75, 3.05) is 40.5 Å². The van der Waals surface area contributed by atoms with Crippen LogP contribution in [0.15, 0.2) is 0 Å². The van der Waals surface area contributed by atoms with Crippen LogP contribution in [0, 0.1) is 5.41 Å². The first-order chi connectivity index (χ1) is 9.92. The summed E-state index contributed by atoms with van der Waals surface area (Å²) in [5.41, 5.74) is -1.10. The van der Waals surface area contributed by atoms with Crippen molar-refractivity contribution in [2.24, 2.45) is 5.41 Å². The number of carbonyl (C=O) groups is 2. The zero-order valence-corrected chi connectivity index (χ0v) is 12.5. The molecule has 2 saturated heterocycles. The van der Waals surface area contributed by atoms with E-state index < -0.39 is 17.4 Å². The minimum Gasteiger partial charge on any atom is -0.481 e. The number of ether oxygens (including phenoxy) is 3. The van der Waals surface area contributed by atoms with Gasteiger partial charge in [-0.2, -0.15) is 0 Å². The van der Waals surface area contributed by atoms with Crippen LogP contribution >= 0.6 is 0 Å². The van der Waals surface area contributed by atoms with Crippen molar-refractivity contribution in [1.82, 2.24) is 10.2 Å². The van der Waals surface area contributed by atoms with Gasteiger partial charge in [0.25, 0.3) is 0 Å². The number of hydrogen-bond donors (Lipinski definition) is 2. The van der Waals surface area contributed by atoms with Gasteiger partial charge in [0, 0.05) is 14.2 Å². The van der Waals surface area contributed by atoms with Gasteiger partial charge in [-0.15, -0.1) is 0 Å². The molecule has 0 bridgehead atoms. The van der Waals surface area contributed by atoms with Gasteiger partial charge in [-0.3, -0.25) is 4.79 Å². The predicted octanol–water partition coefficient (Wildman–Crippen LogP) is -0.469. The molecule has 2 rings (SSSR count). The number of amides is 2. The molecule has 21 heavy (non-hydrogen) atoms. The summed E-state index contributed by atoms with van der Waals surface area (Å²) in [6.07, 6.45) is -0.349. The summed E-state index contributed by atoms with van der Waals surface area (Å²) in [6, 6.07) is -0.871. The molecule has 2 amide bonds. The van der Waals surface area contributed by atoms with Gasteiger partial charge < -0.3 is 29.5 Å². The molecule has 4 unspecified atom stereocenters. The number of likely N-dealkylation sites (tertiary alicyclic amines) is 1. The number of carboxylic acid groups (broad SMARTS) is 1. The molecule has 2 aliphatic rings. The summed E-state index contributed by atoms with van der Waals surface area (Å²) in [6.45, 7) is 2.70. The van der Waals surface area contributed by atoms with Crippen molar-refractivity contribution in [3.05, 3.63) is 0 Å². The zero-order valence-electron chi connectivity index (χ0n) is 12.5. The number of aliphatic carboxylic acids is 1. The molecule has 0 spiro atoms. The highest BCUT2D eigenvalue weighted by atomic mass is 16.5. The van der Waals surface area contributed by atoms with Crippen molar-refractivity contribution >= 4 is 12.0 Å². The Morgan fingerprint density at radius 3 is 2.33 bits per heavy atom. The van der Waals surface area contributed by atoms with E-state index in [2.05, 4.69) is 5.32 Å². The van der Waals surface area contributed by atoms with E-state index in [0.29, 0.717) is 13.1 Å². The molecule has 2 aliphatic heterocycles. The Morgan fingerprint density at radius 2 is 1.86 bits per heavy atom. The lowest BCUT2D eigenvalue weighted by molar-refractivity contribution is -0.148. The average molecular weight is 302 g/mol. The summed E-state index contributed by atoms with van der Waals surface area (Å²) in [5, 5.41) is 12.0. The second-order valence-corrected chi connectivity index (χ2v) is 5.69. The summed E-state index contributed by atoms with van der Waals surface area (Å²) >= 11 is 0. The van der Waals surface area contributed by atoms with E-state index in [4.69, 9.17) is 14.2 Å². The average Bonchev–Trinajstić information content (AvgIpc) is 3.03. The standard InChI is InChI=1S/C13H22N2O6/c1-13(11(16)17)7-21-6-10(13)14-12(18)15-4-8(19-2)9(5-15)20-3/h8-10H,4-7H2,1-3H3,(H,14,18)(H,16,17). The maximum Gasteiger partial charge on any atom is 0.317 e. The third-order valence-electron chi connectivity index (χ3n) is 4.35. The molecule has 0 aromatic carbocycles. The zero-order chi connectivity index (χ0) is 15.6. The van der Waals surface area contributed by atoms with E-state index in [1.165, 1.54) is 0 Å². The molecule has 4 atom stereocenters. The van der Waals surface area contributed by atoms with E-state index in [1.54, 1.807) is 26.0 Å². The van der Waals surface area contributed by atoms with Crippen LogP contribution in [0.4, 0.5) is 4.79 Å². The molecule has 2 fully saturated rings. The highest BCUT2D eigenvalue weighted by Gasteiger charge is 2.48. The molecular formula is C13H22N2O6. The van der Waals surface area contributed by atoms with Crippen molar-refractivity contribution in [1.29, 1.82) is 0 Å². The molecule has 120 valence electrons. The quantitative estimate of drug-likeness (QED) is 0.729. The van der Waals surface area contributed by atoms with Crippen molar-refractivity contribution < 1.29 is 28.9 Å². The number of carbonyl (C=O) groups excluding carboxylic acids is 1. The number of urea groups is 1. The summed E-state index contributed by atoms with van der Waals surface area (Å²) in [4.78, 5) is 25.2. The fourth-order valence-corrected chi connectivity index (χ4v) is 2.69. The molecule has 8 nitrogen and oxygen atoms in total. The van der Waals surface area contributed by atoms with Gasteiger partial charge in [-0.1, -0.05) is 0 Å². The van der Waals surface area contributed by atoms with Gasteiger partial charge in [0.2, 0.25) is 0 Å². The monoisotopic (exact) mass is 302 g/mol. The second kappa shape index (κ2) is 6.17. The maximum absolute atomic E-state index is 12.3. The van der Waals surface area contributed by atoms with Crippen LogP contribution in [0.5, 0.6) is 0 Å². The van der Waals surface area contributed by atoms with E-state index in [0.717, 1.165) is 0 Å². The van der Waals surface area contributed by atoms with E-state index in [9.17, 15) is 14.7 Å². The Labute approximate surface area is 123 Å². The molecule has 0 saturated carbocycles. The Bertz CT molecular complexity index is 405. The van der Waals surface area contributed by atoms with Gasteiger partial charge in [-0.05, 0) is 6.92 Å². The SMILES string of the molecule is COC1CN(C(=O)NC2COCC2(C)C(=O)O)CC1OC. The van der Waals surface area contributed by atoms with Crippen molar-refractivity contribution in [2.45, 2.75) is 25.2 Å². The highest BCUT2D eigenvalue weighted by molar-refractivity contribution is 5.79. The number of carboxylic acids is 1. The van der Waals surface area contributed by atoms with Crippen LogP contribution in [0.1, 0.15) is 6.92 Å². The number of nitrogens with zero attached hydrogens (tertiary/aromatic N) is 1. The number of hydrogen-bond acceptors (Lipinski definition) is 5. The van der Waals surface area contributed by atoms with Gasteiger partial charge in [0.15, 0.2) is 0 Å². The van der Waals surface area contributed by atoms with Crippen LogP contribution in [-0.2, 0) is 19.0 Å². The highest BCUT2D eigenvalue weighted by Crippen LogP contribution is 2.29. The first-order valence-corrected chi connectivity index (χ1v) is 6.84. The fraction of sp³-hybridized carbons (Fsp3) is 0.846. The fourth-order valence-electron chi connectivity index (χ4n) is 2.69. The normalized spacial score (nSPS) is 36.0. The van der Waals surface area contributed by atoms with Crippen LogP contribution in [0.2, 0.25) is 0 Å². The second-order valence-electron chi connectivity index (χ2n) is 5.69. The molecule has 0 aromatic rings. The van der Waals surface area contributed by atoms with E-state index >= 15 is 0 Å². The summed E-state index contributed by atoms with van der Waals surface area (Å²) in [5.74, 6) is -0.976. The molecule has 0 aromatic heterocycles. The lowest BCUT2D eigenvalue weighted by atomic mass is 9.85. The van der Waals surface area contributed by atoms with Gasteiger partial charge in [0.05, 0.1) is 32.3 Å². The van der Waals surface area contributed by atoms with Crippen molar-refractivity contribution in [3.63, 3.8) is 0 Å². The van der Waals surface area contributed by atoms with Crippen LogP contribution < -0.4 is 5.32 Å². The van der Waals surface area contributed by atoms with Crippen LogP contribution in [0.3, 0.4) is 0 Å². The van der Waals surface area contributed by atoms with Gasteiger partial charge in [-0.25, -0.2) is 4.79 Å². The molecule has 2 N–H and O–H groups in total. The lowest BCUT2D eigenvalue weighted by Crippen LogP contribution is -2.53. The van der Waals surface area contributed by atoms with E-state index in [-0.39, 0.29) is 31.5 Å². The smallest absolute Gasteiger partial charge is 0.317 e. The first kappa shape index (κ1) is 16.0. The minimum atomic E-state index is -1.10. The number of methoxy groups -OCH3 is 2. The number of nitrogens with one attached hydrogen (secondary N) is 1. The largest absolute Gasteiger partial charge is 0.481 e. The Hall–Kier alpha value is -1.38. The Kier molecular flexibility index (Phi) is 4.70. The van der Waals surface area contributed by atoms with Crippen molar-refractivity contribution in [3.8, 4) is 0 Å². The molecule has 0 radical (unpaired) electrons. The molecule has 2 heterocycles. The topological polar surface area (TPSA) is 97.3 Å². The predicted molar refractivity (Wildman–Crippen MR) is 72.0 cm³/mol.